The van der Waals surface area contributed by atoms with E-state index >= 15 is 0 Å². The first kappa shape index (κ1) is 14.0. The topological polar surface area (TPSA) is 79.3 Å². The molecule has 1 fully saturated rings. The van der Waals surface area contributed by atoms with Crippen LogP contribution in [-0.4, -0.2) is 22.0 Å². The Hall–Kier alpha value is -1.43. The van der Waals surface area contributed by atoms with Crippen molar-refractivity contribution in [3.05, 3.63) is 15.6 Å². The number of aryl methyl sites for hydroxylation is 1. The average Bonchev–Trinajstić information content (AvgIpc) is 2.66. The van der Waals surface area contributed by atoms with Crippen molar-refractivity contribution in [1.82, 2.24) is 10.3 Å². The molecule has 1 aliphatic carbocycles. The van der Waals surface area contributed by atoms with Crippen LogP contribution in [0.5, 0.6) is 0 Å². The number of thiazole rings is 1. The second kappa shape index (κ2) is 5.69. The second-order valence-corrected chi connectivity index (χ2v) is 6.09. The average molecular weight is 282 g/mol. The van der Waals surface area contributed by atoms with Gasteiger partial charge in [-0.1, -0.05) is 6.42 Å². The molecule has 2 N–H and O–H groups in total. The van der Waals surface area contributed by atoms with Crippen LogP contribution in [0.4, 0.5) is 0 Å². The molecular formula is C13H18N2O3S. The van der Waals surface area contributed by atoms with E-state index in [2.05, 4.69) is 10.3 Å². The highest BCUT2D eigenvalue weighted by molar-refractivity contribution is 7.13. The highest BCUT2D eigenvalue weighted by Crippen LogP contribution is 2.30. The standard InChI is InChI=1S/C13H18N2O3S/c1-7-11(13(17)18)19-12(15-7)8(2)14-10(16)6-9-4-3-5-9/h8-9H,3-6H2,1-2H3,(H,14,16)(H,17,18). The van der Waals surface area contributed by atoms with Gasteiger partial charge in [0.2, 0.25) is 5.91 Å². The number of carbonyl (C=O) groups is 2. The van der Waals surface area contributed by atoms with Gasteiger partial charge in [0.25, 0.3) is 0 Å². The van der Waals surface area contributed by atoms with Gasteiger partial charge in [0, 0.05) is 6.42 Å². The first-order valence-corrected chi connectivity index (χ1v) is 7.29. The molecule has 19 heavy (non-hydrogen) atoms. The molecule has 0 bridgehead atoms. The number of aromatic carboxylic acids is 1. The molecular weight excluding hydrogens is 264 g/mol. The van der Waals surface area contributed by atoms with E-state index in [1.807, 2.05) is 6.92 Å². The summed E-state index contributed by atoms with van der Waals surface area (Å²) < 4.78 is 0. The van der Waals surface area contributed by atoms with E-state index < -0.39 is 5.97 Å². The van der Waals surface area contributed by atoms with Gasteiger partial charge in [-0.05, 0) is 32.6 Å². The SMILES string of the molecule is Cc1nc(C(C)NC(=O)CC2CCC2)sc1C(=O)O. The summed E-state index contributed by atoms with van der Waals surface area (Å²) in [6.07, 6.45) is 4.07. The smallest absolute Gasteiger partial charge is 0.347 e. The molecule has 104 valence electrons. The van der Waals surface area contributed by atoms with Gasteiger partial charge in [0.1, 0.15) is 9.88 Å². The molecule has 1 heterocycles. The van der Waals surface area contributed by atoms with Crippen LogP contribution in [0, 0.1) is 12.8 Å². The Morgan fingerprint density at radius 2 is 2.21 bits per heavy atom. The van der Waals surface area contributed by atoms with E-state index in [1.54, 1.807) is 6.92 Å². The van der Waals surface area contributed by atoms with E-state index in [-0.39, 0.29) is 16.8 Å². The lowest BCUT2D eigenvalue weighted by molar-refractivity contribution is -0.123. The maximum Gasteiger partial charge on any atom is 0.347 e. The minimum absolute atomic E-state index is 0.0296. The Kier molecular flexibility index (Phi) is 4.19. The Labute approximate surface area is 116 Å². The van der Waals surface area contributed by atoms with Crippen molar-refractivity contribution < 1.29 is 14.7 Å². The van der Waals surface area contributed by atoms with E-state index in [0.717, 1.165) is 24.2 Å². The van der Waals surface area contributed by atoms with Crippen molar-refractivity contribution >= 4 is 23.2 Å². The molecule has 5 nitrogen and oxygen atoms in total. The lowest BCUT2D eigenvalue weighted by Crippen LogP contribution is -2.29. The van der Waals surface area contributed by atoms with Crippen LogP contribution < -0.4 is 5.32 Å². The van der Waals surface area contributed by atoms with Crippen molar-refractivity contribution in [2.24, 2.45) is 5.92 Å². The number of amides is 1. The van der Waals surface area contributed by atoms with Gasteiger partial charge in [-0.15, -0.1) is 11.3 Å². The zero-order valence-electron chi connectivity index (χ0n) is 11.1. The summed E-state index contributed by atoms with van der Waals surface area (Å²) >= 11 is 1.13. The second-order valence-electron chi connectivity index (χ2n) is 5.06. The van der Waals surface area contributed by atoms with Crippen molar-refractivity contribution in [3.8, 4) is 0 Å². The van der Waals surface area contributed by atoms with E-state index in [1.165, 1.54) is 6.42 Å². The molecule has 1 aliphatic rings. The Bertz CT molecular complexity index is 494. The fourth-order valence-corrected chi connectivity index (χ4v) is 3.03. The molecule has 1 aromatic heterocycles. The van der Waals surface area contributed by atoms with Crippen molar-refractivity contribution in [2.75, 3.05) is 0 Å². The Balaban J connectivity index is 1.94. The van der Waals surface area contributed by atoms with Crippen LogP contribution in [0.15, 0.2) is 0 Å². The highest BCUT2D eigenvalue weighted by atomic mass is 32.1. The molecule has 1 saturated carbocycles. The van der Waals surface area contributed by atoms with Gasteiger partial charge < -0.3 is 10.4 Å². The monoisotopic (exact) mass is 282 g/mol. The third kappa shape index (κ3) is 3.32. The maximum absolute atomic E-state index is 11.8. The maximum atomic E-state index is 11.8. The first-order chi connectivity index (χ1) is 8.97. The number of hydrogen-bond donors (Lipinski definition) is 2. The van der Waals surface area contributed by atoms with Gasteiger partial charge in [0.05, 0.1) is 11.7 Å². The highest BCUT2D eigenvalue weighted by Gasteiger charge is 2.23. The molecule has 2 rings (SSSR count). The number of carbonyl (C=O) groups excluding carboxylic acids is 1. The van der Waals surface area contributed by atoms with Crippen LogP contribution in [-0.2, 0) is 4.79 Å². The summed E-state index contributed by atoms with van der Waals surface area (Å²) in [7, 11) is 0. The summed E-state index contributed by atoms with van der Waals surface area (Å²) in [6.45, 7) is 3.51. The summed E-state index contributed by atoms with van der Waals surface area (Å²) in [6, 6.07) is -0.232. The number of nitrogens with zero attached hydrogens (tertiary/aromatic N) is 1. The molecule has 0 spiro atoms. The fraction of sp³-hybridized carbons (Fsp3) is 0.615. The summed E-state index contributed by atoms with van der Waals surface area (Å²) in [4.78, 5) is 27.2. The van der Waals surface area contributed by atoms with Gasteiger partial charge in [0.15, 0.2) is 0 Å². The van der Waals surface area contributed by atoms with Gasteiger partial charge >= 0.3 is 5.97 Å². The van der Waals surface area contributed by atoms with Crippen LogP contribution in [0.1, 0.15) is 59.0 Å². The zero-order chi connectivity index (χ0) is 14.0. The number of carboxylic acid groups (broad SMARTS) is 1. The van der Waals surface area contributed by atoms with Crippen LogP contribution in [0.3, 0.4) is 0 Å². The predicted molar refractivity (Wildman–Crippen MR) is 72.3 cm³/mol. The lowest BCUT2D eigenvalue weighted by Gasteiger charge is -2.25. The van der Waals surface area contributed by atoms with Gasteiger partial charge in [-0.2, -0.15) is 0 Å². The Morgan fingerprint density at radius 1 is 1.53 bits per heavy atom. The normalized spacial score (nSPS) is 16.7. The molecule has 0 saturated heterocycles. The molecule has 1 atom stereocenters. The van der Waals surface area contributed by atoms with Gasteiger partial charge in [-0.25, -0.2) is 9.78 Å². The van der Waals surface area contributed by atoms with Crippen LogP contribution >= 0.6 is 11.3 Å². The summed E-state index contributed by atoms with van der Waals surface area (Å²) in [5.74, 6) is -0.406. The predicted octanol–water partition coefficient (Wildman–Crippen LogP) is 2.52. The molecule has 1 amide bonds. The fourth-order valence-electron chi connectivity index (χ4n) is 2.12. The van der Waals surface area contributed by atoms with E-state index in [0.29, 0.717) is 23.0 Å². The van der Waals surface area contributed by atoms with Crippen molar-refractivity contribution in [2.45, 2.75) is 45.6 Å². The molecule has 0 radical (unpaired) electrons. The third-order valence-electron chi connectivity index (χ3n) is 3.45. The van der Waals surface area contributed by atoms with Crippen LogP contribution in [0.25, 0.3) is 0 Å². The molecule has 0 aliphatic heterocycles. The quantitative estimate of drug-likeness (QED) is 0.869. The largest absolute Gasteiger partial charge is 0.477 e. The van der Waals surface area contributed by atoms with E-state index in [4.69, 9.17) is 5.11 Å². The zero-order valence-corrected chi connectivity index (χ0v) is 11.9. The Morgan fingerprint density at radius 3 is 2.68 bits per heavy atom. The number of aromatic nitrogens is 1. The molecule has 0 aromatic carbocycles. The van der Waals surface area contributed by atoms with Crippen molar-refractivity contribution in [1.29, 1.82) is 0 Å². The van der Waals surface area contributed by atoms with Crippen LogP contribution in [0.2, 0.25) is 0 Å². The third-order valence-corrected chi connectivity index (χ3v) is 4.78. The summed E-state index contributed by atoms with van der Waals surface area (Å²) in [5, 5.41) is 12.5. The summed E-state index contributed by atoms with van der Waals surface area (Å²) in [5.41, 5.74) is 0.507. The minimum Gasteiger partial charge on any atom is -0.477 e. The minimum atomic E-state index is -0.964. The van der Waals surface area contributed by atoms with E-state index in [9.17, 15) is 9.59 Å². The molecule has 1 aromatic rings. The number of rotatable bonds is 5. The van der Waals surface area contributed by atoms with Gasteiger partial charge in [-0.3, -0.25) is 4.79 Å². The lowest BCUT2D eigenvalue weighted by atomic mass is 9.83. The molecule has 6 heteroatoms. The number of hydrogen-bond acceptors (Lipinski definition) is 4. The number of carboxylic acids is 1. The van der Waals surface area contributed by atoms with Crippen molar-refractivity contribution in [3.63, 3.8) is 0 Å². The molecule has 1 unspecified atom stereocenters. The first-order valence-electron chi connectivity index (χ1n) is 6.47. The number of nitrogens with one attached hydrogen (secondary N) is 1.